The van der Waals surface area contributed by atoms with E-state index in [1.807, 2.05) is 6.07 Å². The van der Waals surface area contributed by atoms with Crippen LogP contribution in [-0.2, 0) is 6.42 Å². The number of rotatable bonds is 8. The Morgan fingerprint density at radius 1 is 1.00 bits per heavy atom. The number of hydrogen-bond donors (Lipinski definition) is 2. The molecule has 27 heavy (non-hydrogen) atoms. The summed E-state index contributed by atoms with van der Waals surface area (Å²) in [5.41, 5.74) is 13.0. The lowest BCUT2D eigenvalue weighted by Crippen LogP contribution is -2.21. The molecule has 1 heterocycles. The Balaban J connectivity index is 2.06. The number of nitrogens with one attached hydrogen (secondary N) is 1. The minimum atomic E-state index is 0.737. The van der Waals surface area contributed by atoms with Crippen LogP contribution < -0.4 is 10.6 Å². The van der Waals surface area contributed by atoms with Crippen molar-refractivity contribution in [3.05, 3.63) is 52.5 Å². The Kier molecular flexibility index (Phi) is 6.46. The highest BCUT2D eigenvalue weighted by Gasteiger charge is 2.16. The number of aryl methyl sites for hydroxylation is 2. The Hall–Kier alpha value is -1.97. The summed E-state index contributed by atoms with van der Waals surface area (Å²) in [6, 6.07) is 13.0. The van der Waals surface area contributed by atoms with Gasteiger partial charge in [0.05, 0.1) is 5.52 Å². The maximum Gasteiger partial charge on any atom is 0.0506 e. The Labute approximate surface area is 167 Å². The maximum atomic E-state index is 6.37. The SMILES string of the molecule is CCN(CC)c1ccc(-c2[nH]c3c(C)c(Cl)ccc3c2CCCCN)cc1. The molecule has 144 valence electrons. The van der Waals surface area contributed by atoms with Gasteiger partial charge >= 0.3 is 0 Å². The minimum Gasteiger partial charge on any atom is -0.372 e. The third-order valence-corrected chi connectivity index (χ3v) is 5.85. The molecule has 3 rings (SSSR count). The minimum absolute atomic E-state index is 0.737. The zero-order valence-corrected chi connectivity index (χ0v) is 17.4. The predicted molar refractivity (Wildman–Crippen MR) is 119 cm³/mol. The van der Waals surface area contributed by atoms with E-state index >= 15 is 0 Å². The summed E-state index contributed by atoms with van der Waals surface area (Å²) < 4.78 is 0. The molecule has 0 radical (unpaired) electrons. The molecule has 0 fully saturated rings. The first-order valence-corrected chi connectivity index (χ1v) is 10.3. The lowest BCUT2D eigenvalue weighted by Gasteiger charge is -2.21. The fourth-order valence-electron chi connectivity index (χ4n) is 3.81. The summed E-state index contributed by atoms with van der Waals surface area (Å²) in [6.07, 6.45) is 3.15. The molecule has 2 aromatic carbocycles. The highest BCUT2D eigenvalue weighted by Crippen LogP contribution is 2.35. The Morgan fingerprint density at radius 2 is 1.70 bits per heavy atom. The highest BCUT2D eigenvalue weighted by molar-refractivity contribution is 6.32. The highest BCUT2D eigenvalue weighted by atomic mass is 35.5. The van der Waals surface area contributed by atoms with Gasteiger partial charge in [0.25, 0.3) is 0 Å². The third-order valence-electron chi connectivity index (χ3n) is 5.44. The molecular weight excluding hydrogens is 354 g/mol. The molecule has 0 amide bonds. The molecular formula is C23H30ClN3. The van der Waals surface area contributed by atoms with Crippen molar-refractivity contribution in [3.63, 3.8) is 0 Å². The van der Waals surface area contributed by atoms with Crippen molar-refractivity contribution >= 4 is 28.2 Å². The second kappa shape index (κ2) is 8.81. The van der Waals surface area contributed by atoms with Gasteiger partial charge in [-0.05, 0) is 81.5 Å². The van der Waals surface area contributed by atoms with Gasteiger partial charge in [-0.1, -0.05) is 29.8 Å². The van der Waals surface area contributed by atoms with Crippen molar-refractivity contribution in [2.75, 3.05) is 24.5 Å². The molecule has 0 unspecified atom stereocenters. The van der Waals surface area contributed by atoms with Crippen LogP contribution in [0, 0.1) is 6.92 Å². The van der Waals surface area contributed by atoms with E-state index in [1.165, 1.54) is 27.9 Å². The second-order valence-corrected chi connectivity index (χ2v) is 7.45. The first kappa shape index (κ1) is 19.8. The fourth-order valence-corrected chi connectivity index (χ4v) is 3.97. The topological polar surface area (TPSA) is 45.0 Å². The van der Waals surface area contributed by atoms with Crippen LogP contribution >= 0.6 is 11.6 Å². The number of halogens is 1. The number of aromatic nitrogens is 1. The quantitative estimate of drug-likeness (QED) is 0.474. The summed E-state index contributed by atoms with van der Waals surface area (Å²) in [7, 11) is 0. The number of aromatic amines is 1. The van der Waals surface area contributed by atoms with E-state index in [1.54, 1.807) is 0 Å². The predicted octanol–water partition coefficient (Wildman–Crippen LogP) is 5.92. The van der Waals surface area contributed by atoms with Crippen molar-refractivity contribution in [3.8, 4) is 11.3 Å². The number of hydrogen-bond acceptors (Lipinski definition) is 2. The van der Waals surface area contributed by atoms with Crippen molar-refractivity contribution in [1.82, 2.24) is 4.98 Å². The Morgan fingerprint density at radius 3 is 2.33 bits per heavy atom. The van der Waals surface area contributed by atoms with Crippen LogP contribution in [-0.4, -0.2) is 24.6 Å². The van der Waals surface area contributed by atoms with Crippen LogP contribution in [0.25, 0.3) is 22.2 Å². The number of unbranched alkanes of at least 4 members (excludes halogenated alkanes) is 1. The summed E-state index contributed by atoms with van der Waals surface area (Å²) in [5, 5.41) is 2.08. The molecule has 3 N–H and O–H groups in total. The van der Waals surface area contributed by atoms with Crippen molar-refractivity contribution in [1.29, 1.82) is 0 Å². The lowest BCUT2D eigenvalue weighted by molar-refractivity contribution is 0.748. The zero-order valence-electron chi connectivity index (χ0n) is 16.6. The molecule has 0 atom stereocenters. The van der Waals surface area contributed by atoms with Gasteiger partial charge < -0.3 is 15.6 Å². The van der Waals surface area contributed by atoms with Crippen LogP contribution in [0.3, 0.4) is 0 Å². The number of fused-ring (bicyclic) bond motifs is 1. The summed E-state index contributed by atoms with van der Waals surface area (Å²) in [4.78, 5) is 6.03. The zero-order chi connectivity index (χ0) is 19.4. The van der Waals surface area contributed by atoms with Gasteiger partial charge in [-0.15, -0.1) is 0 Å². The van der Waals surface area contributed by atoms with Gasteiger partial charge in [-0.25, -0.2) is 0 Å². The smallest absolute Gasteiger partial charge is 0.0506 e. The van der Waals surface area contributed by atoms with Gasteiger partial charge in [-0.3, -0.25) is 0 Å². The number of benzene rings is 2. The van der Waals surface area contributed by atoms with Gasteiger partial charge in [0.15, 0.2) is 0 Å². The molecule has 0 saturated heterocycles. The number of anilines is 1. The maximum absolute atomic E-state index is 6.37. The molecule has 0 spiro atoms. The fraction of sp³-hybridized carbons (Fsp3) is 0.391. The first-order valence-electron chi connectivity index (χ1n) is 9.95. The largest absolute Gasteiger partial charge is 0.372 e. The van der Waals surface area contributed by atoms with E-state index in [9.17, 15) is 0 Å². The van der Waals surface area contributed by atoms with E-state index in [0.717, 1.165) is 55.0 Å². The van der Waals surface area contributed by atoms with Crippen LogP contribution in [0.4, 0.5) is 5.69 Å². The summed E-state index contributed by atoms with van der Waals surface area (Å²) in [5.74, 6) is 0. The van der Waals surface area contributed by atoms with Crippen LogP contribution in [0.2, 0.25) is 5.02 Å². The van der Waals surface area contributed by atoms with Gasteiger partial charge in [0.1, 0.15) is 0 Å². The van der Waals surface area contributed by atoms with Gasteiger partial charge in [0.2, 0.25) is 0 Å². The second-order valence-electron chi connectivity index (χ2n) is 7.04. The molecule has 4 heteroatoms. The third kappa shape index (κ3) is 3.99. The molecule has 1 aromatic heterocycles. The normalized spacial score (nSPS) is 11.3. The van der Waals surface area contributed by atoms with E-state index in [4.69, 9.17) is 17.3 Å². The first-order chi connectivity index (χ1) is 13.1. The molecule has 0 aliphatic carbocycles. The van der Waals surface area contributed by atoms with Crippen molar-refractivity contribution < 1.29 is 0 Å². The van der Waals surface area contributed by atoms with E-state index in [0.29, 0.717) is 0 Å². The van der Waals surface area contributed by atoms with E-state index in [-0.39, 0.29) is 0 Å². The monoisotopic (exact) mass is 383 g/mol. The molecule has 3 nitrogen and oxygen atoms in total. The molecule has 3 aromatic rings. The number of nitrogens with zero attached hydrogens (tertiary/aromatic N) is 1. The van der Waals surface area contributed by atoms with Crippen LogP contribution in [0.5, 0.6) is 0 Å². The molecule has 0 aliphatic rings. The summed E-state index contributed by atoms with van der Waals surface area (Å²) in [6.45, 7) is 9.24. The standard InChI is InChI=1S/C23H30ClN3/c1-4-27(5-2)18-11-9-17(10-12-18)23-19(8-6-7-15-25)20-13-14-21(24)16(3)22(20)26-23/h9-14,26H,4-8,15,25H2,1-3H3. The van der Waals surface area contributed by atoms with Crippen LogP contribution in [0.15, 0.2) is 36.4 Å². The van der Waals surface area contributed by atoms with E-state index < -0.39 is 0 Å². The number of nitrogens with two attached hydrogens (primary N) is 1. The molecule has 0 saturated carbocycles. The molecule has 0 aliphatic heterocycles. The van der Waals surface area contributed by atoms with Crippen LogP contribution in [0.1, 0.15) is 37.8 Å². The average Bonchev–Trinajstić information content (AvgIpc) is 3.06. The summed E-state index contributed by atoms with van der Waals surface area (Å²) >= 11 is 6.37. The lowest BCUT2D eigenvalue weighted by atomic mass is 9.99. The number of H-pyrrole nitrogens is 1. The molecule has 0 bridgehead atoms. The van der Waals surface area contributed by atoms with Gasteiger partial charge in [0, 0.05) is 34.9 Å². The van der Waals surface area contributed by atoms with Crippen molar-refractivity contribution in [2.45, 2.75) is 40.0 Å². The van der Waals surface area contributed by atoms with Gasteiger partial charge in [-0.2, -0.15) is 0 Å². The van der Waals surface area contributed by atoms with E-state index in [2.05, 4.69) is 61.0 Å². The average molecular weight is 384 g/mol. The van der Waals surface area contributed by atoms with Crippen molar-refractivity contribution in [2.24, 2.45) is 5.73 Å². The Bertz CT molecular complexity index is 892.